The van der Waals surface area contributed by atoms with Crippen LogP contribution in [0.3, 0.4) is 0 Å². The first-order valence-corrected chi connectivity index (χ1v) is 21.0. The molecule has 3 heterocycles. The summed E-state index contributed by atoms with van der Waals surface area (Å²) in [5.41, 5.74) is 9.35. The minimum Gasteiger partial charge on any atom is -0.453 e. The van der Waals surface area contributed by atoms with Crippen LogP contribution in [0.15, 0.2) is 167 Å². The van der Waals surface area contributed by atoms with Gasteiger partial charge in [-0.1, -0.05) is 140 Å². The number of benzene rings is 6. The Kier molecular flexibility index (Phi) is 7.75. The standard InChI is InChI=1S/C46H35N3O2Si/c1-52(2,3)39-23-21-30(22-24-39)31-13-8-14-32(25-31)33-15-9-16-34(26-33)35-17-10-18-38(27-35)44-47-45(42-28-36-11-4-6-19-40(36)50-42)49-46(48-44)43-29-37-12-5-7-20-41(37)51-43/h4-29H,1-3H3. The second-order valence-corrected chi connectivity index (χ2v) is 19.3. The van der Waals surface area contributed by atoms with Gasteiger partial charge in [-0.05, 0) is 75.8 Å². The Morgan fingerprint density at radius 2 is 0.769 bits per heavy atom. The molecular formula is C46H35N3O2Si. The van der Waals surface area contributed by atoms with Gasteiger partial charge in [-0.25, -0.2) is 15.0 Å². The Hall–Kier alpha value is -6.37. The molecule has 0 N–H and O–H groups in total. The van der Waals surface area contributed by atoms with E-state index in [1.165, 1.54) is 21.9 Å². The Morgan fingerprint density at radius 3 is 1.23 bits per heavy atom. The summed E-state index contributed by atoms with van der Waals surface area (Å²) in [6, 6.07) is 54.7. The monoisotopic (exact) mass is 689 g/mol. The van der Waals surface area contributed by atoms with Crippen molar-refractivity contribution in [3.05, 3.63) is 158 Å². The van der Waals surface area contributed by atoms with E-state index in [-0.39, 0.29) is 0 Å². The van der Waals surface area contributed by atoms with Crippen molar-refractivity contribution >= 4 is 35.2 Å². The van der Waals surface area contributed by atoms with E-state index >= 15 is 0 Å². The van der Waals surface area contributed by atoms with E-state index in [4.69, 9.17) is 23.8 Å². The van der Waals surface area contributed by atoms with Gasteiger partial charge in [0.1, 0.15) is 11.2 Å². The molecule has 9 rings (SSSR count). The van der Waals surface area contributed by atoms with Crippen LogP contribution in [-0.4, -0.2) is 23.0 Å². The molecule has 5 nitrogen and oxygen atoms in total. The van der Waals surface area contributed by atoms with Crippen molar-refractivity contribution in [3.63, 3.8) is 0 Å². The van der Waals surface area contributed by atoms with Crippen molar-refractivity contribution in [1.82, 2.24) is 15.0 Å². The fraction of sp³-hybridized carbons (Fsp3) is 0.0652. The number of hydrogen-bond acceptors (Lipinski definition) is 5. The first-order valence-electron chi connectivity index (χ1n) is 17.5. The summed E-state index contributed by atoms with van der Waals surface area (Å²) in [7, 11) is -1.35. The zero-order valence-electron chi connectivity index (χ0n) is 29.2. The highest BCUT2D eigenvalue weighted by Gasteiger charge is 2.19. The van der Waals surface area contributed by atoms with Crippen LogP contribution in [0.1, 0.15) is 0 Å². The predicted octanol–water partition coefficient (Wildman–Crippen LogP) is 11.9. The largest absolute Gasteiger partial charge is 0.453 e. The van der Waals surface area contributed by atoms with E-state index in [2.05, 4.69) is 105 Å². The van der Waals surface area contributed by atoms with Gasteiger partial charge in [0, 0.05) is 16.3 Å². The topological polar surface area (TPSA) is 65.0 Å². The summed E-state index contributed by atoms with van der Waals surface area (Å²) in [5.74, 6) is 2.56. The average Bonchev–Trinajstić information content (AvgIpc) is 3.83. The van der Waals surface area contributed by atoms with Crippen molar-refractivity contribution < 1.29 is 8.83 Å². The maximum Gasteiger partial charge on any atom is 0.199 e. The highest BCUT2D eigenvalue weighted by molar-refractivity contribution is 6.88. The first-order chi connectivity index (χ1) is 25.3. The Morgan fingerprint density at radius 1 is 0.365 bits per heavy atom. The van der Waals surface area contributed by atoms with E-state index in [1.807, 2.05) is 72.8 Å². The summed E-state index contributed by atoms with van der Waals surface area (Å²) in [4.78, 5) is 14.8. The predicted molar refractivity (Wildman–Crippen MR) is 215 cm³/mol. The molecule has 0 aliphatic carbocycles. The molecule has 0 spiro atoms. The lowest BCUT2D eigenvalue weighted by atomic mass is 9.95. The molecule has 6 heteroatoms. The number of aromatic nitrogens is 3. The molecule has 0 fully saturated rings. The zero-order valence-corrected chi connectivity index (χ0v) is 30.2. The SMILES string of the molecule is C[Si](C)(C)c1ccc(-c2cccc(-c3cccc(-c4cccc(-c5nc(-c6cc7ccccc7o6)nc(-c6cc7ccccc7o6)n5)c4)c3)c2)cc1. The minimum atomic E-state index is -1.35. The molecule has 0 unspecified atom stereocenters. The summed E-state index contributed by atoms with van der Waals surface area (Å²) >= 11 is 0. The molecule has 0 saturated heterocycles. The van der Waals surface area contributed by atoms with Crippen LogP contribution in [0.5, 0.6) is 0 Å². The van der Waals surface area contributed by atoms with Gasteiger partial charge < -0.3 is 8.83 Å². The number of nitrogens with zero attached hydrogens (tertiary/aromatic N) is 3. The second kappa shape index (κ2) is 12.7. The molecule has 0 aliphatic rings. The third-order valence-electron chi connectivity index (χ3n) is 9.52. The van der Waals surface area contributed by atoms with E-state index in [9.17, 15) is 0 Å². The molecule has 0 radical (unpaired) electrons. The number of furan rings is 2. The van der Waals surface area contributed by atoms with E-state index in [0.717, 1.165) is 44.2 Å². The van der Waals surface area contributed by atoms with Gasteiger partial charge in [-0.15, -0.1) is 0 Å². The maximum absolute atomic E-state index is 6.22. The first kappa shape index (κ1) is 31.6. The normalized spacial score (nSPS) is 11.8. The summed E-state index contributed by atoms with van der Waals surface area (Å²) < 4.78 is 12.4. The molecule has 0 bridgehead atoms. The fourth-order valence-corrected chi connectivity index (χ4v) is 7.83. The lowest BCUT2D eigenvalue weighted by Gasteiger charge is -2.17. The smallest absolute Gasteiger partial charge is 0.199 e. The molecule has 0 amide bonds. The number of fused-ring (bicyclic) bond motifs is 2. The van der Waals surface area contributed by atoms with Crippen LogP contribution in [0.4, 0.5) is 0 Å². The summed E-state index contributed by atoms with van der Waals surface area (Å²) in [6.45, 7) is 7.15. The van der Waals surface area contributed by atoms with Gasteiger partial charge in [-0.3, -0.25) is 0 Å². The molecule has 0 aliphatic heterocycles. The second-order valence-electron chi connectivity index (χ2n) is 14.2. The molecular weight excluding hydrogens is 655 g/mol. The Bertz CT molecular complexity index is 2580. The summed E-state index contributed by atoms with van der Waals surface area (Å²) in [6.07, 6.45) is 0. The van der Waals surface area contributed by atoms with Crippen LogP contribution in [0.25, 0.3) is 89.9 Å². The molecule has 6 aromatic carbocycles. The van der Waals surface area contributed by atoms with Crippen molar-refractivity contribution in [3.8, 4) is 67.9 Å². The molecule has 3 aromatic heterocycles. The van der Waals surface area contributed by atoms with Crippen molar-refractivity contribution in [2.75, 3.05) is 0 Å². The van der Waals surface area contributed by atoms with Gasteiger partial charge in [0.15, 0.2) is 29.0 Å². The van der Waals surface area contributed by atoms with E-state index < -0.39 is 8.07 Å². The molecule has 0 atom stereocenters. The zero-order chi connectivity index (χ0) is 35.2. The highest BCUT2D eigenvalue weighted by Crippen LogP contribution is 2.34. The van der Waals surface area contributed by atoms with E-state index in [1.54, 1.807) is 0 Å². The van der Waals surface area contributed by atoms with Crippen LogP contribution in [0.2, 0.25) is 19.6 Å². The minimum absolute atomic E-state index is 0.444. The van der Waals surface area contributed by atoms with Crippen LogP contribution in [-0.2, 0) is 0 Å². The molecule has 250 valence electrons. The van der Waals surface area contributed by atoms with Gasteiger partial charge in [0.05, 0.1) is 8.07 Å². The molecule has 0 saturated carbocycles. The quantitative estimate of drug-likeness (QED) is 0.156. The third kappa shape index (κ3) is 6.14. The maximum atomic E-state index is 6.22. The van der Waals surface area contributed by atoms with Gasteiger partial charge in [-0.2, -0.15) is 0 Å². The fourth-order valence-electron chi connectivity index (χ4n) is 6.67. The third-order valence-corrected chi connectivity index (χ3v) is 11.6. The lowest BCUT2D eigenvalue weighted by molar-refractivity contribution is 0.617. The summed E-state index contributed by atoms with van der Waals surface area (Å²) in [5, 5.41) is 3.44. The van der Waals surface area contributed by atoms with Crippen LogP contribution >= 0.6 is 0 Å². The van der Waals surface area contributed by atoms with Crippen LogP contribution in [0, 0.1) is 0 Å². The number of hydrogen-bond donors (Lipinski definition) is 0. The highest BCUT2D eigenvalue weighted by atomic mass is 28.3. The Labute approximate surface area is 303 Å². The number of rotatable bonds is 7. The van der Waals surface area contributed by atoms with Crippen LogP contribution < -0.4 is 5.19 Å². The van der Waals surface area contributed by atoms with Gasteiger partial charge in [0.2, 0.25) is 0 Å². The van der Waals surface area contributed by atoms with E-state index in [0.29, 0.717) is 29.0 Å². The van der Waals surface area contributed by atoms with Gasteiger partial charge >= 0.3 is 0 Å². The van der Waals surface area contributed by atoms with Gasteiger partial charge in [0.25, 0.3) is 0 Å². The lowest BCUT2D eigenvalue weighted by Crippen LogP contribution is -2.37. The van der Waals surface area contributed by atoms with Crippen molar-refractivity contribution in [1.29, 1.82) is 0 Å². The number of para-hydroxylation sites is 2. The van der Waals surface area contributed by atoms with Crippen molar-refractivity contribution in [2.45, 2.75) is 19.6 Å². The molecule has 52 heavy (non-hydrogen) atoms. The molecule has 9 aromatic rings. The average molecular weight is 690 g/mol. The van der Waals surface area contributed by atoms with Crippen molar-refractivity contribution in [2.24, 2.45) is 0 Å². The Balaban J connectivity index is 1.09.